The van der Waals surface area contributed by atoms with Gasteiger partial charge in [-0.2, -0.15) is 0 Å². The topological polar surface area (TPSA) is 42.7 Å². The smallest absolute Gasteiger partial charge is 0.124 e. The highest BCUT2D eigenvalue weighted by Crippen LogP contribution is 2.27. The van der Waals surface area contributed by atoms with Crippen molar-refractivity contribution in [3.05, 3.63) is 46.5 Å². The van der Waals surface area contributed by atoms with Gasteiger partial charge in [0.1, 0.15) is 5.82 Å². The summed E-state index contributed by atoms with van der Waals surface area (Å²) in [6.07, 6.45) is 1.65. The zero-order valence-electron chi connectivity index (χ0n) is 9.48. The Labute approximate surface area is 103 Å². The van der Waals surface area contributed by atoms with Gasteiger partial charge in [0, 0.05) is 12.1 Å². The third-order valence-electron chi connectivity index (χ3n) is 2.61. The molecule has 0 bridgehead atoms. The SMILES string of the molecule is CNC(c1ccc(F)cc1Cl)c1cnnn1C. The molecule has 6 heteroatoms. The van der Waals surface area contributed by atoms with E-state index >= 15 is 0 Å². The first-order chi connectivity index (χ1) is 8.13. The summed E-state index contributed by atoms with van der Waals surface area (Å²) in [4.78, 5) is 0. The third kappa shape index (κ3) is 2.30. The van der Waals surface area contributed by atoms with Crippen molar-refractivity contribution in [2.75, 3.05) is 7.05 Å². The molecule has 2 aromatic rings. The molecule has 1 aromatic heterocycles. The fraction of sp³-hybridized carbons (Fsp3) is 0.273. The van der Waals surface area contributed by atoms with Crippen molar-refractivity contribution in [1.82, 2.24) is 20.3 Å². The first-order valence-electron chi connectivity index (χ1n) is 5.10. The summed E-state index contributed by atoms with van der Waals surface area (Å²) >= 11 is 6.04. The molecule has 1 aromatic carbocycles. The summed E-state index contributed by atoms with van der Waals surface area (Å²) in [5.41, 5.74) is 1.65. The largest absolute Gasteiger partial charge is 0.308 e. The monoisotopic (exact) mass is 254 g/mol. The van der Waals surface area contributed by atoms with Crippen molar-refractivity contribution < 1.29 is 4.39 Å². The first-order valence-corrected chi connectivity index (χ1v) is 5.48. The predicted octanol–water partition coefficient (Wildman–Crippen LogP) is 1.92. The van der Waals surface area contributed by atoms with Gasteiger partial charge >= 0.3 is 0 Å². The van der Waals surface area contributed by atoms with Gasteiger partial charge in [-0.25, -0.2) is 4.39 Å². The Balaban J connectivity index is 2.46. The van der Waals surface area contributed by atoms with Gasteiger partial charge in [0.25, 0.3) is 0 Å². The van der Waals surface area contributed by atoms with E-state index in [1.165, 1.54) is 12.1 Å². The lowest BCUT2D eigenvalue weighted by Crippen LogP contribution is -2.21. The van der Waals surface area contributed by atoms with E-state index in [0.717, 1.165) is 11.3 Å². The van der Waals surface area contributed by atoms with Crippen LogP contribution >= 0.6 is 11.6 Å². The number of halogens is 2. The van der Waals surface area contributed by atoms with Crippen molar-refractivity contribution in [1.29, 1.82) is 0 Å². The zero-order valence-corrected chi connectivity index (χ0v) is 10.2. The number of aromatic nitrogens is 3. The van der Waals surface area contributed by atoms with E-state index in [0.29, 0.717) is 5.02 Å². The van der Waals surface area contributed by atoms with Gasteiger partial charge in [0.2, 0.25) is 0 Å². The second-order valence-electron chi connectivity index (χ2n) is 3.67. The van der Waals surface area contributed by atoms with Crippen LogP contribution in [0.5, 0.6) is 0 Å². The average Bonchev–Trinajstić information content (AvgIpc) is 2.69. The van der Waals surface area contributed by atoms with E-state index in [9.17, 15) is 4.39 Å². The van der Waals surface area contributed by atoms with Gasteiger partial charge in [0.05, 0.1) is 17.9 Å². The summed E-state index contributed by atoms with van der Waals surface area (Å²) in [7, 11) is 3.60. The molecule has 0 saturated heterocycles. The predicted molar refractivity (Wildman–Crippen MR) is 63.3 cm³/mol. The van der Waals surface area contributed by atoms with Crippen LogP contribution < -0.4 is 5.32 Å². The van der Waals surface area contributed by atoms with Crippen LogP contribution in [0.3, 0.4) is 0 Å². The molecule has 0 aliphatic rings. The van der Waals surface area contributed by atoms with Crippen LogP contribution in [0.1, 0.15) is 17.3 Å². The number of rotatable bonds is 3. The normalized spacial score (nSPS) is 12.7. The van der Waals surface area contributed by atoms with Crippen LogP contribution in [0.25, 0.3) is 0 Å². The summed E-state index contributed by atoms with van der Waals surface area (Å²) in [5, 5.41) is 11.2. The van der Waals surface area contributed by atoms with Crippen LogP contribution in [0.4, 0.5) is 4.39 Å². The molecule has 1 unspecified atom stereocenters. The lowest BCUT2D eigenvalue weighted by molar-refractivity contribution is 0.593. The Morgan fingerprint density at radius 2 is 2.24 bits per heavy atom. The quantitative estimate of drug-likeness (QED) is 0.910. The number of hydrogen-bond acceptors (Lipinski definition) is 3. The highest BCUT2D eigenvalue weighted by molar-refractivity contribution is 6.31. The second-order valence-corrected chi connectivity index (χ2v) is 4.08. The molecule has 17 heavy (non-hydrogen) atoms. The van der Waals surface area contributed by atoms with E-state index in [1.54, 1.807) is 31.0 Å². The Morgan fingerprint density at radius 3 is 2.76 bits per heavy atom. The molecule has 1 heterocycles. The third-order valence-corrected chi connectivity index (χ3v) is 2.93. The lowest BCUT2D eigenvalue weighted by atomic mass is 10.0. The Hall–Kier alpha value is -1.46. The zero-order chi connectivity index (χ0) is 12.4. The molecular weight excluding hydrogens is 243 g/mol. The maximum atomic E-state index is 13.0. The minimum Gasteiger partial charge on any atom is -0.308 e. The lowest BCUT2D eigenvalue weighted by Gasteiger charge is -2.17. The van der Waals surface area contributed by atoms with Crippen LogP contribution in [0, 0.1) is 5.82 Å². The van der Waals surface area contributed by atoms with E-state index in [4.69, 9.17) is 11.6 Å². The molecule has 0 spiro atoms. The standard InChI is InChI=1S/C11H12ClFN4/c1-14-11(10-6-15-16-17(10)2)8-4-3-7(13)5-9(8)12/h3-6,11,14H,1-2H3. The first kappa shape index (κ1) is 12.0. The van der Waals surface area contributed by atoms with Crippen LogP contribution in [-0.4, -0.2) is 22.0 Å². The minimum absolute atomic E-state index is 0.164. The minimum atomic E-state index is -0.350. The van der Waals surface area contributed by atoms with Crippen LogP contribution in [-0.2, 0) is 7.05 Å². The molecule has 0 fully saturated rings. The maximum Gasteiger partial charge on any atom is 0.124 e. The van der Waals surface area contributed by atoms with Crippen LogP contribution in [0.2, 0.25) is 5.02 Å². The Morgan fingerprint density at radius 1 is 1.47 bits per heavy atom. The van der Waals surface area contributed by atoms with E-state index in [1.807, 2.05) is 0 Å². The van der Waals surface area contributed by atoms with Gasteiger partial charge in [0.15, 0.2) is 0 Å². The number of hydrogen-bond donors (Lipinski definition) is 1. The average molecular weight is 255 g/mol. The van der Waals surface area contributed by atoms with E-state index in [2.05, 4.69) is 15.6 Å². The van der Waals surface area contributed by atoms with Crippen molar-refractivity contribution in [2.24, 2.45) is 7.05 Å². The van der Waals surface area contributed by atoms with Gasteiger partial charge in [-0.3, -0.25) is 4.68 Å². The van der Waals surface area contributed by atoms with Crippen LogP contribution in [0.15, 0.2) is 24.4 Å². The highest BCUT2D eigenvalue weighted by Gasteiger charge is 2.18. The fourth-order valence-electron chi connectivity index (χ4n) is 1.76. The van der Waals surface area contributed by atoms with Gasteiger partial charge in [-0.1, -0.05) is 22.9 Å². The molecule has 4 nitrogen and oxygen atoms in total. The van der Waals surface area contributed by atoms with E-state index in [-0.39, 0.29) is 11.9 Å². The van der Waals surface area contributed by atoms with Gasteiger partial charge in [-0.15, -0.1) is 5.10 Å². The number of nitrogens with one attached hydrogen (secondary N) is 1. The maximum absolute atomic E-state index is 13.0. The molecule has 0 radical (unpaired) electrons. The van der Waals surface area contributed by atoms with Gasteiger partial charge in [-0.05, 0) is 24.7 Å². The highest BCUT2D eigenvalue weighted by atomic mass is 35.5. The molecule has 1 atom stereocenters. The van der Waals surface area contributed by atoms with Crippen molar-refractivity contribution in [3.8, 4) is 0 Å². The molecule has 0 saturated carbocycles. The van der Waals surface area contributed by atoms with E-state index < -0.39 is 0 Å². The molecule has 0 amide bonds. The summed E-state index contributed by atoms with van der Waals surface area (Å²) in [6.45, 7) is 0. The molecule has 2 rings (SSSR count). The Kier molecular flexibility index (Phi) is 3.40. The molecule has 1 N–H and O–H groups in total. The number of nitrogens with zero attached hydrogens (tertiary/aromatic N) is 3. The fourth-order valence-corrected chi connectivity index (χ4v) is 2.03. The number of benzene rings is 1. The van der Waals surface area contributed by atoms with Crippen molar-refractivity contribution >= 4 is 11.6 Å². The molecule has 0 aliphatic carbocycles. The van der Waals surface area contributed by atoms with Crippen molar-refractivity contribution in [3.63, 3.8) is 0 Å². The summed E-state index contributed by atoms with van der Waals surface area (Å²) < 4.78 is 14.7. The summed E-state index contributed by atoms with van der Waals surface area (Å²) in [6, 6.07) is 4.18. The molecule has 90 valence electrons. The Bertz CT molecular complexity index is 526. The van der Waals surface area contributed by atoms with Crippen molar-refractivity contribution in [2.45, 2.75) is 6.04 Å². The summed E-state index contributed by atoms with van der Waals surface area (Å²) in [5.74, 6) is -0.350. The second kappa shape index (κ2) is 4.81. The van der Waals surface area contributed by atoms with Gasteiger partial charge < -0.3 is 5.32 Å². The molecular formula is C11H12ClFN4. The molecule has 0 aliphatic heterocycles. The number of aryl methyl sites for hydroxylation is 1.